The van der Waals surface area contributed by atoms with Crippen LogP contribution in [0.2, 0.25) is 0 Å². The number of aromatic nitrogens is 2. The van der Waals surface area contributed by atoms with Gasteiger partial charge in [0.1, 0.15) is 17.3 Å². The van der Waals surface area contributed by atoms with Crippen molar-refractivity contribution in [2.45, 2.75) is 26.7 Å². The zero-order valence-corrected chi connectivity index (χ0v) is 16.3. The Morgan fingerprint density at radius 1 is 1.11 bits per heavy atom. The number of benzene rings is 1. The van der Waals surface area contributed by atoms with Crippen LogP contribution in [0.15, 0.2) is 24.3 Å². The van der Waals surface area contributed by atoms with Crippen LogP contribution in [-0.2, 0) is 0 Å². The molecule has 1 aliphatic heterocycles. The van der Waals surface area contributed by atoms with Gasteiger partial charge in [-0.1, -0.05) is 6.92 Å². The lowest BCUT2D eigenvalue weighted by atomic mass is 9.99. The van der Waals surface area contributed by atoms with Gasteiger partial charge in [0.15, 0.2) is 11.5 Å². The lowest BCUT2D eigenvalue weighted by molar-refractivity contribution is 0.102. The van der Waals surface area contributed by atoms with Crippen LogP contribution in [0, 0.1) is 12.8 Å². The molecule has 7 nitrogen and oxygen atoms in total. The van der Waals surface area contributed by atoms with Crippen LogP contribution in [0.3, 0.4) is 0 Å². The molecule has 0 spiro atoms. The third-order valence-corrected chi connectivity index (χ3v) is 4.81. The maximum Gasteiger partial charge on any atom is 0.274 e. The first-order chi connectivity index (χ1) is 13.0. The highest BCUT2D eigenvalue weighted by molar-refractivity contribution is 6.03. The Balaban J connectivity index is 1.78. The molecule has 0 atom stereocenters. The SMILES string of the molecule is COc1ccc(NC(=O)c2cc(N3CCC(C)CC3)nc(C)n2)cc1OC. The molecule has 0 aliphatic carbocycles. The Hall–Kier alpha value is -2.83. The Morgan fingerprint density at radius 2 is 1.81 bits per heavy atom. The molecule has 0 unspecified atom stereocenters. The van der Waals surface area contributed by atoms with Crippen LogP contribution in [0.4, 0.5) is 11.5 Å². The Kier molecular flexibility index (Phi) is 5.78. The van der Waals surface area contributed by atoms with E-state index in [-0.39, 0.29) is 5.91 Å². The lowest BCUT2D eigenvalue weighted by Gasteiger charge is -2.31. The van der Waals surface area contributed by atoms with Crippen molar-refractivity contribution < 1.29 is 14.3 Å². The number of rotatable bonds is 5. The molecule has 1 saturated heterocycles. The number of nitrogens with zero attached hydrogens (tertiary/aromatic N) is 3. The van der Waals surface area contributed by atoms with Crippen LogP contribution in [0.5, 0.6) is 11.5 Å². The fourth-order valence-corrected chi connectivity index (χ4v) is 3.18. The summed E-state index contributed by atoms with van der Waals surface area (Å²) in [7, 11) is 3.13. The molecule has 1 N–H and O–H groups in total. The quantitative estimate of drug-likeness (QED) is 0.870. The minimum atomic E-state index is -0.278. The molecule has 144 valence electrons. The van der Waals surface area contributed by atoms with E-state index in [2.05, 4.69) is 27.1 Å². The summed E-state index contributed by atoms with van der Waals surface area (Å²) in [6.07, 6.45) is 2.27. The van der Waals surface area contributed by atoms with E-state index in [1.165, 1.54) is 0 Å². The maximum absolute atomic E-state index is 12.7. The zero-order chi connectivity index (χ0) is 19.4. The number of anilines is 2. The van der Waals surface area contributed by atoms with Crippen molar-refractivity contribution in [3.8, 4) is 11.5 Å². The normalized spacial score (nSPS) is 14.7. The summed E-state index contributed by atoms with van der Waals surface area (Å²) in [4.78, 5) is 23.8. The van der Waals surface area contributed by atoms with Gasteiger partial charge in [-0.05, 0) is 37.8 Å². The van der Waals surface area contributed by atoms with E-state index in [1.54, 1.807) is 38.5 Å². The first kappa shape index (κ1) is 18.9. The van der Waals surface area contributed by atoms with E-state index in [9.17, 15) is 4.79 Å². The van der Waals surface area contributed by atoms with E-state index in [0.29, 0.717) is 28.7 Å². The Labute approximate surface area is 159 Å². The summed E-state index contributed by atoms with van der Waals surface area (Å²) >= 11 is 0. The molecule has 2 heterocycles. The van der Waals surface area contributed by atoms with Gasteiger partial charge in [0.05, 0.1) is 14.2 Å². The molecule has 0 bridgehead atoms. The third-order valence-electron chi connectivity index (χ3n) is 4.81. The topological polar surface area (TPSA) is 76.6 Å². The highest BCUT2D eigenvalue weighted by atomic mass is 16.5. The van der Waals surface area contributed by atoms with Gasteiger partial charge in [-0.15, -0.1) is 0 Å². The third kappa shape index (κ3) is 4.48. The first-order valence-corrected chi connectivity index (χ1v) is 9.14. The summed E-state index contributed by atoms with van der Waals surface area (Å²) in [5.74, 6) is 3.01. The number of nitrogens with one attached hydrogen (secondary N) is 1. The molecule has 7 heteroatoms. The fraction of sp³-hybridized carbons (Fsp3) is 0.450. The number of ether oxygens (including phenoxy) is 2. The molecule has 2 aromatic rings. The molecule has 1 amide bonds. The van der Waals surface area contributed by atoms with Gasteiger partial charge in [-0.25, -0.2) is 9.97 Å². The van der Waals surface area contributed by atoms with Crippen molar-refractivity contribution >= 4 is 17.4 Å². The molecular formula is C20H26N4O3. The minimum absolute atomic E-state index is 0.278. The Morgan fingerprint density at radius 3 is 2.48 bits per heavy atom. The molecule has 27 heavy (non-hydrogen) atoms. The standard InChI is InChI=1S/C20H26N4O3/c1-13-7-9-24(10-8-13)19-12-16(21-14(2)22-19)20(25)23-15-5-6-17(26-3)18(11-15)27-4/h5-6,11-13H,7-10H2,1-4H3,(H,23,25). The zero-order valence-electron chi connectivity index (χ0n) is 16.3. The highest BCUT2D eigenvalue weighted by Crippen LogP contribution is 2.30. The van der Waals surface area contributed by atoms with Gasteiger partial charge in [-0.3, -0.25) is 4.79 Å². The van der Waals surface area contributed by atoms with Crippen LogP contribution in [0.25, 0.3) is 0 Å². The van der Waals surface area contributed by atoms with Crippen LogP contribution in [-0.4, -0.2) is 43.2 Å². The second-order valence-electron chi connectivity index (χ2n) is 6.85. The number of hydrogen-bond acceptors (Lipinski definition) is 6. The first-order valence-electron chi connectivity index (χ1n) is 9.14. The largest absolute Gasteiger partial charge is 0.493 e. The summed E-state index contributed by atoms with van der Waals surface area (Å²) in [6, 6.07) is 7.00. The van der Waals surface area contributed by atoms with Crippen molar-refractivity contribution in [2.24, 2.45) is 5.92 Å². The minimum Gasteiger partial charge on any atom is -0.493 e. The van der Waals surface area contributed by atoms with Crippen LogP contribution in [0.1, 0.15) is 36.1 Å². The smallest absolute Gasteiger partial charge is 0.274 e. The lowest BCUT2D eigenvalue weighted by Crippen LogP contribution is -2.34. The summed E-state index contributed by atoms with van der Waals surface area (Å²) < 4.78 is 10.5. The van der Waals surface area contributed by atoms with E-state index >= 15 is 0 Å². The molecule has 0 radical (unpaired) electrons. The van der Waals surface area contributed by atoms with Crippen LogP contribution < -0.4 is 19.7 Å². The number of piperidine rings is 1. The van der Waals surface area contributed by atoms with E-state index in [4.69, 9.17) is 9.47 Å². The van der Waals surface area contributed by atoms with Crippen molar-refractivity contribution in [2.75, 3.05) is 37.5 Å². The number of carbonyl (C=O) groups excluding carboxylic acids is 1. The second kappa shape index (κ2) is 8.24. The fourth-order valence-electron chi connectivity index (χ4n) is 3.18. The van der Waals surface area contributed by atoms with Crippen molar-refractivity contribution in [1.29, 1.82) is 0 Å². The molecular weight excluding hydrogens is 344 g/mol. The van der Waals surface area contributed by atoms with Gasteiger partial charge in [0, 0.05) is 30.9 Å². The van der Waals surface area contributed by atoms with Gasteiger partial charge in [0.25, 0.3) is 5.91 Å². The van der Waals surface area contributed by atoms with Gasteiger partial charge >= 0.3 is 0 Å². The molecule has 0 saturated carbocycles. The van der Waals surface area contributed by atoms with Crippen molar-refractivity contribution in [1.82, 2.24) is 9.97 Å². The summed E-state index contributed by atoms with van der Waals surface area (Å²) in [5, 5.41) is 2.87. The van der Waals surface area contributed by atoms with Crippen molar-refractivity contribution in [3.05, 3.63) is 35.8 Å². The number of aryl methyl sites for hydroxylation is 1. The number of amides is 1. The second-order valence-corrected chi connectivity index (χ2v) is 6.85. The monoisotopic (exact) mass is 370 g/mol. The molecule has 1 aromatic carbocycles. The molecule has 1 aliphatic rings. The maximum atomic E-state index is 12.7. The average Bonchev–Trinajstić information content (AvgIpc) is 2.67. The molecule has 1 fully saturated rings. The molecule has 3 rings (SSSR count). The average molecular weight is 370 g/mol. The number of hydrogen-bond donors (Lipinski definition) is 1. The summed E-state index contributed by atoms with van der Waals surface area (Å²) in [5.41, 5.74) is 0.966. The summed E-state index contributed by atoms with van der Waals surface area (Å²) in [6.45, 7) is 5.98. The Bertz CT molecular complexity index is 817. The van der Waals surface area contributed by atoms with E-state index in [1.807, 2.05) is 6.92 Å². The predicted octanol–water partition coefficient (Wildman–Crippen LogP) is 3.29. The number of carbonyl (C=O) groups is 1. The number of methoxy groups -OCH3 is 2. The van der Waals surface area contributed by atoms with E-state index in [0.717, 1.165) is 37.7 Å². The van der Waals surface area contributed by atoms with Gasteiger partial charge in [0.2, 0.25) is 0 Å². The highest BCUT2D eigenvalue weighted by Gasteiger charge is 2.19. The van der Waals surface area contributed by atoms with Gasteiger partial charge < -0.3 is 19.7 Å². The van der Waals surface area contributed by atoms with Crippen molar-refractivity contribution in [3.63, 3.8) is 0 Å². The van der Waals surface area contributed by atoms with Crippen LogP contribution >= 0.6 is 0 Å². The molecule has 1 aromatic heterocycles. The van der Waals surface area contributed by atoms with Gasteiger partial charge in [-0.2, -0.15) is 0 Å². The van der Waals surface area contributed by atoms with E-state index < -0.39 is 0 Å². The predicted molar refractivity (Wildman–Crippen MR) is 105 cm³/mol.